The minimum absolute atomic E-state index is 0.428. The van der Waals surface area contributed by atoms with Crippen molar-refractivity contribution >= 4 is 11.3 Å². The molecule has 0 amide bonds. The largest absolute Gasteiger partial charge is 0.203 e. The van der Waals surface area contributed by atoms with Gasteiger partial charge in [0.05, 0.1) is 0 Å². The second kappa shape index (κ2) is 5.21. The third kappa shape index (κ3) is 2.27. The maximum absolute atomic E-state index is 13.5. The second-order valence-corrected chi connectivity index (χ2v) is 4.61. The SMILES string of the molecule is Cc1c(F)c(F)c(C#Cc2scc(F)c2F)c(F)c1F. The first-order chi connectivity index (χ1) is 9.34. The Morgan fingerprint density at radius 1 is 0.800 bits per heavy atom. The first-order valence-corrected chi connectivity index (χ1v) is 5.99. The average Bonchev–Trinajstić information content (AvgIpc) is 2.75. The van der Waals surface area contributed by atoms with Crippen LogP contribution in [0.1, 0.15) is 16.0 Å². The van der Waals surface area contributed by atoms with E-state index in [4.69, 9.17) is 0 Å². The van der Waals surface area contributed by atoms with Crippen LogP contribution in [0.3, 0.4) is 0 Å². The molecule has 0 nitrogen and oxygen atoms in total. The monoisotopic (exact) mass is 306 g/mol. The molecule has 0 atom stereocenters. The summed E-state index contributed by atoms with van der Waals surface area (Å²) in [5, 5.41) is 0.808. The molecule has 0 unspecified atom stereocenters. The molecule has 0 aliphatic carbocycles. The normalized spacial score (nSPS) is 10.3. The average molecular weight is 306 g/mol. The van der Waals surface area contributed by atoms with Gasteiger partial charge in [-0.3, -0.25) is 0 Å². The number of halogens is 6. The highest BCUT2D eigenvalue weighted by Crippen LogP contribution is 2.23. The molecular formula is C13H4F6S. The van der Waals surface area contributed by atoms with Crippen molar-refractivity contribution in [1.82, 2.24) is 0 Å². The van der Waals surface area contributed by atoms with E-state index in [9.17, 15) is 26.3 Å². The Bertz CT molecular complexity index is 721. The standard InChI is InChI=1S/C13H4F6S/c1-5-9(15)11(17)6(12(18)10(5)16)2-3-8-13(19)7(14)4-20-8/h4H,1H3. The molecule has 0 spiro atoms. The minimum Gasteiger partial charge on any atom is -0.203 e. The van der Waals surface area contributed by atoms with Gasteiger partial charge in [-0.1, -0.05) is 5.92 Å². The van der Waals surface area contributed by atoms with Crippen molar-refractivity contribution in [3.8, 4) is 11.8 Å². The molecule has 0 aliphatic rings. The molecule has 7 heteroatoms. The molecule has 0 fully saturated rings. The number of hydrogen-bond acceptors (Lipinski definition) is 1. The Morgan fingerprint density at radius 2 is 1.35 bits per heavy atom. The predicted molar refractivity (Wildman–Crippen MR) is 61.2 cm³/mol. The third-order valence-electron chi connectivity index (χ3n) is 2.47. The number of hydrogen-bond donors (Lipinski definition) is 0. The molecule has 0 radical (unpaired) electrons. The summed E-state index contributed by atoms with van der Waals surface area (Å²) in [5.74, 6) is -5.22. The van der Waals surface area contributed by atoms with Gasteiger partial charge in [0.1, 0.15) is 10.4 Å². The Balaban J connectivity index is 2.59. The van der Waals surface area contributed by atoms with Gasteiger partial charge in [-0.2, -0.15) is 0 Å². The van der Waals surface area contributed by atoms with Crippen molar-refractivity contribution in [2.45, 2.75) is 6.92 Å². The summed E-state index contributed by atoms with van der Waals surface area (Å²) < 4.78 is 79.2. The summed E-state index contributed by atoms with van der Waals surface area (Å²) in [5.41, 5.74) is -1.99. The van der Waals surface area contributed by atoms with Crippen LogP contribution in [0.4, 0.5) is 26.3 Å². The van der Waals surface area contributed by atoms with Crippen LogP contribution in [0, 0.1) is 53.7 Å². The van der Waals surface area contributed by atoms with Crippen molar-refractivity contribution in [1.29, 1.82) is 0 Å². The van der Waals surface area contributed by atoms with Gasteiger partial charge in [-0.15, -0.1) is 11.3 Å². The van der Waals surface area contributed by atoms with Gasteiger partial charge in [0.25, 0.3) is 0 Å². The number of thiophene rings is 1. The summed E-state index contributed by atoms with van der Waals surface area (Å²) in [7, 11) is 0. The molecule has 2 rings (SSSR count). The van der Waals surface area contributed by atoms with Crippen LogP contribution in [-0.4, -0.2) is 0 Å². The fraction of sp³-hybridized carbons (Fsp3) is 0.0769. The second-order valence-electron chi connectivity index (χ2n) is 3.73. The Kier molecular flexibility index (Phi) is 3.77. The molecular weight excluding hydrogens is 302 g/mol. The Morgan fingerprint density at radius 3 is 1.80 bits per heavy atom. The van der Waals surface area contributed by atoms with Crippen LogP contribution in [0.15, 0.2) is 5.38 Å². The van der Waals surface area contributed by atoms with Crippen molar-refractivity contribution in [2.75, 3.05) is 0 Å². The van der Waals surface area contributed by atoms with E-state index in [-0.39, 0.29) is 0 Å². The molecule has 0 aliphatic heterocycles. The van der Waals surface area contributed by atoms with Gasteiger partial charge in [-0.25, -0.2) is 26.3 Å². The van der Waals surface area contributed by atoms with E-state index in [1.807, 2.05) is 5.92 Å². The minimum atomic E-state index is -1.67. The van der Waals surface area contributed by atoms with Gasteiger partial charge in [0, 0.05) is 10.9 Å². The summed E-state index contributed by atoms with van der Waals surface area (Å²) in [6.07, 6.45) is 0. The summed E-state index contributed by atoms with van der Waals surface area (Å²) in [6, 6.07) is 0. The van der Waals surface area contributed by atoms with Gasteiger partial charge in [0.15, 0.2) is 34.9 Å². The maximum Gasteiger partial charge on any atom is 0.185 e. The lowest BCUT2D eigenvalue weighted by Crippen LogP contribution is -2.03. The first kappa shape index (κ1) is 14.5. The molecule has 104 valence electrons. The summed E-state index contributed by atoms with van der Waals surface area (Å²) in [6.45, 7) is 0.863. The summed E-state index contributed by atoms with van der Waals surface area (Å²) >= 11 is 0.563. The lowest BCUT2D eigenvalue weighted by molar-refractivity contribution is 0.442. The zero-order chi connectivity index (χ0) is 15.0. The smallest absolute Gasteiger partial charge is 0.185 e. The van der Waals surface area contributed by atoms with Crippen molar-refractivity contribution < 1.29 is 26.3 Å². The molecule has 1 aromatic carbocycles. The fourth-order valence-corrected chi connectivity index (χ4v) is 2.01. The van der Waals surface area contributed by atoms with Gasteiger partial charge >= 0.3 is 0 Å². The molecule has 20 heavy (non-hydrogen) atoms. The van der Waals surface area contributed by atoms with E-state index in [0.717, 1.165) is 12.3 Å². The number of benzene rings is 1. The van der Waals surface area contributed by atoms with Crippen LogP contribution >= 0.6 is 11.3 Å². The van der Waals surface area contributed by atoms with E-state index in [1.165, 1.54) is 0 Å². The van der Waals surface area contributed by atoms with Crippen LogP contribution in [0.25, 0.3) is 0 Å². The van der Waals surface area contributed by atoms with E-state index in [2.05, 4.69) is 0 Å². The fourth-order valence-electron chi connectivity index (χ4n) is 1.38. The zero-order valence-electron chi connectivity index (χ0n) is 9.75. The van der Waals surface area contributed by atoms with E-state index in [0.29, 0.717) is 11.3 Å². The molecule has 1 heterocycles. The topological polar surface area (TPSA) is 0 Å². The van der Waals surface area contributed by atoms with Crippen molar-refractivity contribution in [3.63, 3.8) is 0 Å². The number of rotatable bonds is 0. The van der Waals surface area contributed by atoms with E-state index >= 15 is 0 Å². The van der Waals surface area contributed by atoms with Gasteiger partial charge in [0.2, 0.25) is 0 Å². The van der Waals surface area contributed by atoms with Crippen LogP contribution in [0.2, 0.25) is 0 Å². The highest BCUT2D eigenvalue weighted by molar-refractivity contribution is 7.10. The predicted octanol–water partition coefficient (Wildman–Crippen LogP) is 4.29. The zero-order valence-corrected chi connectivity index (χ0v) is 10.6. The third-order valence-corrected chi connectivity index (χ3v) is 3.31. The lowest BCUT2D eigenvalue weighted by Gasteiger charge is -2.04. The highest BCUT2D eigenvalue weighted by atomic mass is 32.1. The highest BCUT2D eigenvalue weighted by Gasteiger charge is 2.22. The van der Waals surface area contributed by atoms with E-state index in [1.54, 1.807) is 5.92 Å². The molecule has 0 saturated carbocycles. The lowest BCUT2D eigenvalue weighted by atomic mass is 10.1. The quantitative estimate of drug-likeness (QED) is 0.387. The Hall–Kier alpha value is -1.94. The molecule has 2 aromatic rings. The van der Waals surface area contributed by atoms with Gasteiger partial charge in [-0.05, 0) is 12.8 Å². The van der Waals surface area contributed by atoms with Crippen LogP contribution in [0.5, 0.6) is 0 Å². The van der Waals surface area contributed by atoms with E-state index < -0.39 is 50.9 Å². The molecule has 0 saturated heterocycles. The van der Waals surface area contributed by atoms with Crippen molar-refractivity contribution in [3.05, 3.63) is 56.3 Å². The van der Waals surface area contributed by atoms with Crippen molar-refractivity contribution in [2.24, 2.45) is 0 Å². The van der Waals surface area contributed by atoms with Crippen LogP contribution in [-0.2, 0) is 0 Å². The molecule has 0 bridgehead atoms. The molecule has 0 N–H and O–H groups in total. The Labute approximate surface area is 113 Å². The summed E-state index contributed by atoms with van der Waals surface area (Å²) in [4.78, 5) is -0.428. The van der Waals surface area contributed by atoms with Gasteiger partial charge < -0.3 is 0 Å². The first-order valence-electron chi connectivity index (χ1n) is 5.11. The molecule has 1 aromatic heterocycles. The van der Waals surface area contributed by atoms with Crippen LogP contribution < -0.4 is 0 Å². The maximum atomic E-state index is 13.5.